The summed E-state index contributed by atoms with van der Waals surface area (Å²) in [6, 6.07) is 18.9. The number of ether oxygens (including phenoxy) is 1. The van der Waals surface area contributed by atoms with E-state index in [1.54, 1.807) is 37.1 Å². The zero-order chi connectivity index (χ0) is 30.8. The van der Waals surface area contributed by atoms with E-state index in [1.807, 2.05) is 30.3 Å². The van der Waals surface area contributed by atoms with E-state index in [4.69, 9.17) is 10.5 Å². The van der Waals surface area contributed by atoms with Crippen LogP contribution >= 0.6 is 0 Å². The van der Waals surface area contributed by atoms with Crippen molar-refractivity contribution in [3.05, 3.63) is 95.6 Å². The molecule has 2 aromatic carbocycles. The maximum atomic E-state index is 13.5. The van der Waals surface area contributed by atoms with Crippen LogP contribution in [-0.4, -0.2) is 66.0 Å². The van der Waals surface area contributed by atoms with Gasteiger partial charge >= 0.3 is 0 Å². The molecule has 1 fully saturated rings. The number of aromatic nitrogens is 1. The van der Waals surface area contributed by atoms with Crippen LogP contribution in [0.2, 0.25) is 0 Å². The first-order chi connectivity index (χ1) is 20.7. The Morgan fingerprint density at radius 2 is 1.74 bits per heavy atom. The van der Waals surface area contributed by atoms with Gasteiger partial charge in [-0.05, 0) is 74.1 Å². The molecule has 228 valence electrons. The topological polar surface area (TPSA) is 127 Å². The number of likely N-dealkylation sites (tertiary alicyclic amines) is 1. The normalized spacial score (nSPS) is 17.0. The highest BCUT2D eigenvalue weighted by Gasteiger charge is 2.29. The molecule has 1 aliphatic heterocycles. The Hall–Kier alpha value is -4.15. The van der Waals surface area contributed by atoms with E-state index in [2.05, 4.69) is 15.6 Å². The molecule has 1 unspecified atom stereocenters. The molecule has 3 aromatic rings. The summed E-state index contributed by atoms with van der Waals surface area (Å²) in [5.74, 6) is -1.82. The summed E-state index contributed by atoms with van der Waals surface area (Å²) < 4.78 is 18.6. The van der Waals surface area contributed by atoms with Crippen molar-refractivity contribution >= 4 is 23.4 Å². The van der Waals surface area contributed by atoms with E-state index in [9.17, 15) is 18.8 Å². The van der Waals surface area contributed by atoms with Crippen LogP contribution in [0, 0.1) is 11.7 Å². The SMILES string of the molecule is COCC1CCCCN1C(=O)c1cccc(C(=O)N[C@@H](Cc2ccccc2)[C@@H](N)C[C@@H](C)C(=O)Nc2ccc(F)cc2)n1. The number of hydrogen-bond donors (Lipinski definition) is 3. The van der Waals surface area contributed by atoms with Crippen LogP contribution in [0.25, 0.3) is 0 Å². The summed E-state index contributed by atoms with van der Waals surface area (Å²) >= 11 is 0. The average Bonchev–Trinajstić information content (AvgIpc) is 3.02. The summed E-state index contributed by atoms with van der Waals surface area (Å²) in [6.45, 7) is 2.82. The Morgan fingerprint density at radius 1 is 1.02 bits per heavy atom. The van der Waals surface area contributed by atoms with Crippen molar-refractivity contribution in [2.75, 3.05) is 25.6 Å². The molecule has 43 heavy (non-hydrogen) atoms. The smallest absolute Gasteiger partial charge is 0.272 e. The highest BCUT2D eigenvalue weighted by atomic mass is 19.1. The van der Waals surface area contributed by atoms with Crippen LogP contribution < -0.4 is 16.4 Å². The van der Waals surface area contributed by atoms with E-state index in [-0.39, 0.29) is 35.7 Å². The third-order valence-corrected chi connectivity index (χ3v) is 7.76. The molecule has 10 heteroatoms. The largest absolute Gasteiger partial charge is 0.383 e. The number of carbonyl (C=O) groups is 3. The quantitative estimate of drug-likeness (QED) is 0.291. The van der Waals surface area contributed by atoms with Gasteiger partial charge in [-0.15, -0.1) is 0 Å². The Labute approximate surface area is 252 Å². The van der Waals surface area contributed by atoms with Gasteiger partial charge in [0.15, 0.2) is 0 Å². The first kappa shape index (κ1) is 31.8. The number of methoxy groups -OCH3 is 1. The van der Waals surface area contributed by atoms with Gasteiger partial charge in [0.05, 0.1) is 12.6 Å². The van der Waals surface area contributed by atoms with Crippen LogP contribution in [0.15, 0.2) is 72.8 Å². The molecule has 0 aliphatic carbocycles. The van der Waals surface area contributed by atoms with E-state index in [0.29, 0.717) is 25.3 Å². The van der Waals surface area contributed by atoms with E-state index >= 15 is 0 Å². The average molecular weight is 590 g/mol. The lowest BCUT2D eigenvalue weighted by atomic mass is 9.92. The van der Waals surface area contributed by atoms with Gasteiger partial charge in [-0.3, -0.25) is 14.4 Å². The van der Waals surface area contributed by atoms with Crippen LogP contribution in [-0.2, 0) is 16.0 Å². The minimum atomic E-state index is -0.578. The maximum absolute atomic E-state index is 13.5. The molecule has 2 heterocycles. The number of benzene rings is 2. The minimum Gasteiger partial charge on any atom is -0.383 e. The van der Waals surface area contributed by atoms with Crippen molar-refractivity contribution in [1.82, 2.24) is 15.2 Å². The number of rotatable bonds is 12. The number of nitrogens with zero attached hydrogens (tertiary/aromatic N) is 2. The molecule has 0 radical (unpaired) electrons. The molecule has 1 aliphatic rings. The van der Waals surface area contributed by atoms with Crippen molar-refractivity contribution in [3.63, 3.8) is 0 Å². The van der Waals surface area contributed by atoms with E-state index in [0.717, 1.165) is 24.8 Å². The first-order valence-electron chi connectivity index (χ1n) is 14.7. The zero-order valence-corrected chi connectivity index (χ0v) is 24.7. The van der Waals surface area contributed by atoms with Crippen LogP contribution in [0.3, 0.4) is 0 Å². The summed E-state index contributed by atoms with van der Waals surface area (Å²) in [4.78, 5) is 45.9. The highest BCUT2D eigenvalue weighted by Crippen LogP contribution is 2.20. The third-order valence-electron chi connectivity index (χ3n) is 7.76. The Balaban J connectivity index is 1.46. The second-order valence-corrected chi connectivity index (χ2v) is 11.1. The van der Waals surface area contributed by atoms with E-state index < -0.39 is 29.7 Å². The molecule has 1 aromatic heterocycles. The number of pyridine rings is 1. The predicted molar refractivity (Wildman–Crippen MR) is 163 cm³/mol. The van der Waals surface area contributed by atoms with Gasteiger partial charge in [-0.2, -0.15) is 0 Å². The van der Waals surface area contributed by atoms with Crippen molar-refractivity contribution in [1.29, 1.82) is 0 Å². The number of halogens is 1. The van der Waals surface area contributed by atoms with Crippen molar-refractivity contribution in [2.45, 2.75) is 57.2 Å². The number of hydrogen-bond acceptors (Lipinski definition) is 6. The molecule has 0 bridgehead atoms. The number of nitrogens with two attached hydrogens (primary N) is 1. The van der Waals surface area contributed by atoms with E-state index in [1.165, 1.54) is 24.3 Å². The number of anilines is 1. The van der Waals surface area contributed by atoms with Crippen molar-refractivity contribution in [2.24, 2.45) is 11.7 Å². The number of amides is 3. The van der Waals surface area contributed by atoms with Crippen molar-refractivity contribution < 1.29 is 23.5 Å². The Morgan fingerprint density at radius 3 is 2.47 bits per heavy atom. The fourth-order valence-electron chi connectivity index (χ4n) is 5.36. The standard InChI is InChI=1S/C33H40FN5O4/c1-22(31(40)36-25-16-14-24(34)15-17-25)19-27(35)30(20-23-9-4-3-5-10-23)38-32(41)28-12-8-13-29(37-28)33(42)39-18-7-6-11-26(39)21-43-2/h3-5,8-10,12-17,22,26-27,30H,6-7,11,18-21,35H2,1-2H3,(H,36,40)(H,38,41)/t22-,26?,27+,30+/m1/s1. The summed E-state index contributed by atoms with van der Waals surface area (Å²) in [5, 5.41) is 5.79. The van der Waals surface area contributed by atoms with Gasteiger partial charge in [0.2, 0.25) is 5.91 Å². The molecule has 1 saturated heterocycles. The van der Waals surface area contributed by atoms with Gasteiger partial charge in [0.1, 0.15) is 17.2 Å². The monoisotopic (exact) mass is 589 g/mol. The fourth-order valence-corrected chi connectivity index (χ4v) is 5.36. The Bertz CT molecular complexity index is 1370. The fraction of sp³-hybridized carbons (Fsp3) is 0.394. The molecular weight excluding hydrogens is 549 g/mol. The van der Waals surface area contributed by atoms with Crippen LogP contribution in [0.1, 0.15) is 59.1 Å². The summed E-state index contributed by atoms with van der Waals surface area (Å²) in [7, 11) is 1.62. The second-order valence-electron chi connectivity index (χ2n) is 11.1. The Kier molecular flexibility index (Phi) is 11.4. The second kappa shape index (κ2) is 15.4. The number of carbonyl (C=O) groups excluding carboxylic acids is 3. The molecule has 4 N–H and O–H groups in total. The predicted octanol–water partition coefficient (Wildman–Crippen LogP) is 4.20. The lowest BCUT2D eigenvalue weighted by Crippen LogP contribution is -2.50. The highest BCUT2D eigenvalue weighted by molar-refractivity contribution is 5.96. The molecule has 9 nitrogen and oxygen atoms in total. The van der Waals surface area contributed by atoms with Crippen LogP contribution in [0.5, 0.6) is 0 Å². The van der Waals surface area contributed by atoms with Gasteiger partial charge < -0.3 is 26.0 Å². The lowest BCUT2D eigenvalue weighted by molar-refractivity contribution is -0.119. The van der Waals surface area contributed by atoms with Gasteiger partial charge in [0, 0.05) is 37.3 Å². The number of nitrogens with one attached hydrogen (secondary N) is 2. The first-order valence-corrected chi connectivity index (χ1v) is 14.7. The number of piperidine rings is 1. The molecule has 0 spiro atoms. The summed E-state index contributed by atoms with van der Waals surface area (Å²) in [5.41, 5.74) is 8.39. The minimum absolute atomic E-state index is 0.0268. The summed E-state index contributed by atoms with van der Waals surface area (Å²) in [6.07, 6.45) is 3.52. The molecule has 3 amide bonds. The van der Waals surface area contributed by atoms with Gasteiger partial charge in [-0.1, -0.05) is 43.3 Å². The molecular formula is C33H40FN5O4. The molecule has 4 atom stereocenters. The third kappa shape index (κ3) is 8.92. The molecule has 4 rings (SSSR count). The van der Waals surface area contributed by atoms with Crippen molar-refractivity contribution in [3.8, 4) is 0 Å². The molecule has 0 saturated carbocycles. The van der Waals surface area contributed by atoms with Crippen LogP contribution in [0.4, 0.5) is 10.1 Å². The van der Waals surface area contributed by atoms with Gasteiger partial charge in [-0.25, -0.2) is 9.37 Å². The van der Waals surface area contributed by atoms with Gasteiger partial charge in [0.25, 0.3) is 11.8 Å². The maximum Gasteiger partial charge on any atom is 0.272 e. The lowest BCUT2D eigenvalue weighted by Gasteiger charge is -2.35. The zero-order valence-electron chi connectivity index (χ0n) is 24.7.